The van der Waals surface area contributed by atoms with Gasteiger partial charge >= 0.3 is 12.0 Å². The van der Waals surface area contributed by atoms with E-state index in [0.717, 1.165) is 4.90 Å². The fourth-order valence-corrected chi connectivity index (χ4v) is 1.02. The average Bonchev–Trinajstić information content (AvgIpc) is 2.15. The van der Waals surface area contributed by atoms with E-state index in [1.807, 2.05) is 0 Å². The number of alkyl halides is 2. The Morgan fingerprint density at radius 3 is 2.50 bits per heavy atom. The molecule has 0 fully saturated rings. The highest BCUT2D eigenvalue weighted by Gasteiger charge is 2.12. The number of hydrogen-bond donors (Lipinski definition) is 2. The number of amides is 2. The molecule has 0 unspecified atom stereocenters. The van der Waals surface area contributed by atoms with Crippen molar-refractivity contribution >= 4 is 12.0 Å². The number of nitrogens with one attached hydrogen (secondary N) is 1. The van der Waals surface area contributed by atoms with E-state index < -0.39 is 25.0 Å². The smallest absolute Gasteiger partial charge is 0.317 e. The van der Waals surface area contributed by atoms with E-state index in [1.165, 1.54) is 7.05 Å². The van der Waals surface area contributed by atoms with E-state index in [2.05, 4.69) is 5.32 Å². The van der Waals surface area contributed by atoms with Crippen LogP contribution in [-0.4, -0.2) is 48.6 Å². The molecule has 0 aliphatic carbocycles. The Kier molecular flexibility index (Phi) is 7.15. The predicted molar refractivity (Wildman–Crippen MR) is 53.5 cm³/mol. The van der Waals surface area contributed by atoms with Crippen LogP contribution >= 0.6 is 0 Å². The van der Waals surface area contributed by atoms with Crippen LogP contribution in [0.25, 0.3) is 0 Å². The topological polar surface area (TPSA) is 69.6 Å². The van der Waals surface area contributed by atoms with Crippen molar-refractivity contribution in [3.8, 4) is 0 Å². The number of carbonyl (C=O) groups is 2. The van der Waals surface area contributed by atoms with Crippen LogP contribution in [-0.2, 0) is 4.79 Å². The minimum absolute atomic E-state index is 0.0444. The Balaban J connectivity index is 3.53. The van der Waals surface area contributed by atoms with Gasteiger partial charge < -0.3 is 15.3 Å². The van der Waals surface area contributed by atoms with Crippen molar-refractivity contribution in [3.63, 3.8) is 0 Å². The second kappa shape index (κ2) is 7.84. The molecule has 0 saturated carbocycles. The lowest BCUT2D eigenvalue weighted by molar-refractivity contribution is -0.137. The molecule has 94 valence electrons. The summed E-state index contributed by atoms with van der Waals surface area (Å²) < 4.78 is 23.8. The molecule has 0 aromatic heterocycles. The highest BCUT2D eigenvalue weighted by Crippen LogP contribution is 1.97. The Morgan fingerprint density at radius 1 is 1.38 bits per heavy atom. The summed E-state index contributed by atoms with van der Waals surface area (Å²) >= 11 is 0. The summed E-state index contributed by atoms with van der Waals surface area (Å²) in [6.07, 6.45) is -1.54. The molecule has 0 aromatic carbocycles. The summed E-state index contributed by atoms with van der Waals surface area (Å²) in [6.45, 7) is -0.319. The largest absolute Gasteiger partial charge is 0.481 e. The monoisotopic (exact) mass is 238 g/mol. The van der Waals surface area contributed by atoms with Crippen molar-refractivity contribution in [3.05, 3.63) is 0 Å². The average molecular weight is 238 g/mol. The highest BCUT2D eigenvalue weighted by atomic mass is 19.3. The van der Waals surface area contributed by atoms with Crippen molar-refractivity contribution in [2.75, 3.05) is 20.1 Å². The first-order chi connectivity index (χ1) is 7.43. The Labute approximate surface area is 92.4 Å². The molecule has 5 nitrogen and oxygen atoms in total. The maximum atomic E-state index is 11.9. The van der Waals surface area contributed by atoms with Gasteiger partial charge in [0.1, 0.15) is 0 Å². The van der Waals surface area contributed by atoms with Gasteiger partial charge in [-0.1, -0.05) is 0 Å². The fourth-order valence-electron chi connectivity index (χ4n) is 1.02. The van der Waals surface area contributed by atoms with E-state index >= 15 is 0 Å². The van der Waals surface area contributed by atoms with Crippen molar-refractivity contribution in [2.24, 2.45) is 0 Å². The number of carbonyl (C=O) groups excluding carboxylic acids is 1. The minimum Gasteiger partial charge on any atom is -0.481 e. The summed E-state index contributed by atoms with van der Waals surface area (Å²) in [5.41, 5.74) is 0. The molecule has 0 atom stereocenters. The number of rotatable bonds is 7. The number of carboxylic acids is 1. The molecule has 0 saturated heterocycles. The molecule has 0 rings (SSSR count). The number of unbranched alkanes of at least 4 members (excludes halogenated alkanes) is 1. The van der Waals surface area contributed by atoms with Crippen LogP contribution in [0.15, 0.2) is 0 Å². The lowest BCUT2D eigenvalue weighted by Gasteiger charge is -2.17. The predicted octanol–water partition coefficient (Wildman–Crippen LogP) is 1.15. The van der Waals surface area contributed by atoms with Crippen LogP contribution < -0.4 is 5.32 Å². The molecule has 16 heavy (non-hydrogen) atoms. The Hall–Kier alpha value is -1.40. The fraction of sp³-hybridized carbons (Fsp3) is 0.778. The molecule has 0 aliphatic rings. The van der Waals surface area contributed by atoms with Crippen LogP contribution in [0.3, 0.4) is 0 Å². The third-order valence-corrected chi connectivity index (χ3v) is 1.85. The van der Waals surface area contributed by atoms with Crippen LogP contribution in [0, 0.1) is 0 Å². The van der Waals surface area contributed by atoms with Crippen LogP contribution in [0.5, 0.6) is 0 Å². The molecule has 0 aliphatic heterocycles. The number of aliphatic carboxylic acids is 1. The normalized spacial score (nSPS) is 10.2. The third kappa shape index (κ3) is 7.95. The zero-order valence-electron chi connectivity index (χ0n) is 9.08. The molecule has 0 aromatic rings. The lowest BCUT2D eigenvalue weighted by Crippen LogP contribution is -2.40. The summed E-state index contributed by atoms with van der Waals surface area (Å²) in [6, 6.07) is -0.573. The molecule has 0 spiro atoms. The molecule has 0 heterocycles. The van der Waals surface area contributed by atoms with Crippen molar-refractivity contribution in [1.29, 1.82) is 0 Å². The second-order valence-electron chi connectivity index (χ2n) is 3.35. The van der Waals surface area contributed by atoms with Gasteiger partial charge in [0.25, 0.3) is 6.43 Å². The van der Waals surface area contributed by atoms with E-state index in [1.54, 1.807) is 0 Å². The Morgan fingerprint density at radius 2 is 2.00 bits per heavy atom. The molecule has 7 heteroatoms. The summed E-state index contributed by atoms with van der Waals surface area (Å²) in [7, 11) is 1.28. The van der Waals surface area contributed by atoms with E-state index in [0.29, 0.717) is 19.4 Å². The molecule has 2 amide bonds. The maximum absolute atomic E-state index is 11.9. The van der Waals surface area contributed by atoms with Crippen molar-refractivity contribution in [2.45, 2.75) is 25.7 Å². The molecule has 0 bridgehead atoms. The summed E-state index contributed by atoms with van der Waals surface area (Å²) in [5.74, 6) is -0.888. The molecular weight excluding hydrogens is 222 g/mol. The van der Waals surface area contributed by atoms with Crippen LogP contribution in [0.4, 0.5) is 13.6 Å². The first kappa shape index (κ1) is 14.6. The molecular formula is C9H16F2N2O3. The summed E-state index contributed by atoms with van der Waals surface area (Å²) in [4.78, 5) is 22.2. The lowest BCUT2D eigenvalue weighted by atomic mass is 10.2. The number of nitrogens with zero attached hydrogens (tertiary/aromatic N) is 1. The minimum atomic E-state index is -2.55. The van der Waals surface area contributed by atoms with Gasteiger partial charge in [0.15, 0.2) is 0 Å². The highest BCUT2D eigenvalue weighted by molar-refractivity contribution is 5.73. The first-order valence-electron chi connectivity index (χ1n) is 4.92. The van der Waals surface area contributed by atoms with E-state index in [-0.39, 0.29) is 6.42 Å². The second-order valence-corrected chi connectivity index (χ2v) is 3.35. The Bertz CT molecular complexity index is 237. The van der Waals surface area contributed by atoms with Gasteiger partial charge in [-0.2, -0.15) is 0 Å². The molecule has 2 N–H and O–H groups in total. The number of carboxylic acid groups (broad SMARTS) is 1. The maximum Gasteiger partial charge on any atom is 0.317 e. The summed E-state index contributed by atoms with van der Waals surface area (Å²) in [5, 5.41) is 10.8. The van der Waals surface area contributed by atoms with Gasteiger partial charge in [-0.3, -0.25) is 4.79 Å². The van der Waals surface area contributed by atoms with Gasteiger partial charge in [-0.05, 0) is 12.8 Å². The van der Waals surface area contributed by atoms with Crippen molar-refractivity contribution < 1.29 is 23.5 Å². The zero-order valence-corrected chi connectivity index (χ0v) is 9.08. The standard InChI is InChI=1S/C9H16F2N2O3/c1-13(6-7(10)11)9(16)12-5-3-2-4-8(14)15/h7H,2-6H2,1H3,(H,12,16)(H,14,15). The zero-order chi connectivity index (χ0) is 12.6. The van der Waals surface area contributed by atoms with Crippen LogP contribution in [0.2, 0.25) is 0 Å². The van der Waals surface area contributed by atoms with Gasteiger partial charge in [0.05, 0.1) is 6.54 Å². The van der Waals surface area contributed by atoms with E-state index in [4.69, 9.17) is 5.11 Å². The quantitative estimate of drug-likeness (QED) is 0.653. The molecule has 0 radical (unpaired) electrons. The number of halogens is 2. The van der Waals surface area contributed by atoms with Gasteiger partial charge in [-0.15, -0.1) is 0 Å². The van der Waals surface area contributed by atoms with Crippen LogP contribution in [0.1, 0.15) is 19.3 Å². The first-order valence-corrected chi connectivity index (χ1v) is 4.92. The third-order valence-electron chi connectivity index (χ3n) is 1.85. The number of urea groups is 1. The SMILES string of the molecule is CN(CC(F)F)C(=O)NCCCCC(=O)O. The van der Waals surface area contributed by atoms with Gasteiger partial charge in [-0.25, -0.2) is 13.6 Å². The van der Waals surface area contributed by atoms with E-state index in [9.17, 15) is 18.4 Å². The van der Waals surface area contributed by atoms with Gasteiger partial charge in [0.2, 0.25) is 0 Å². The number of hydrogen-bond acceptors (Lipinski definition) is 2. The van der Waals surface area contributed by atoms with Gasteiger partial charge in [0, 0.05) is 20.0 Å². The van der Waals surface area contributed by atoms with Crippen molar-refractivity contribution in [1.82, 2.24) is 10.2 Å².